The summed E-state index contributed by atoms with van der Waals surface area (Å²) in [5, 5.41) is 12.1. The number of rotatable bonds is 4. The van der Waals surface area contributed by atoms with Gasteiger partial charge in [-0.25, -0.2) is 9.38 Å². The molecule has 146 valence electrons. The molecule has 0 aromatic carbocycles. The first-order chi connectivity index (χ1) is 12.7. The summed E-state index contributed by atoms with van der Waals surface area (Å²) in [6, 6.07) is -0.475. The molecule has 1 aromatic rings. The molecule has 11 heteroatoms. The maximum absolute atomic E-state index is 14.1. The molecule has 0 aliphatic carbocycles. The van der Waals surface area contributed by atoms with Gasteiger partial charge in [0, 0.05) is 19.0 Å². The van der Waals surface area contributed by atoms with Crippen molar-refractivity contribution in [1.29, 1.82) is 0 Å². The Kier molecular flexibility index (Phi) is 5.12. The number of hydrogen-bond acceptors (Lipinski definition) is 6. The zero-order valence-corrected chi connectivity index (χ0v) is 14.2. The third-order valence-electron chi connectivity index (χ3n) is 4.41. The number of hydrogen-bond donors (Lipinski definition) is 4. The summed E-state index contributed by atoms with van der Waals surface area (Å²) in [6.45, 7) is 0.716. The van der Waals surface area contributed by atoms with Gasteiger partial charge in [-0.2, -0.15) is 18.3 Å². The largest absolute Gasteiger partial charge is 0.421 e. The third kappa shape index (κ3) is 3.91. The number of nitrogens with two attached hydrogens (primary N) is 1. The maximum atomic E-state index is 14.1. The van der Waals surface area contributed by atoms with Gasteiger partial charge >= 0.3 is 6.18 Å². The molecular formula is C16H19F4N7. The Morgan fingerprint density at radius 1 is 1.48 bits per heavy atom. The monoisotopic (exact) mass is 385 g/mol. The lowest BCUT2D eigenvalue weighted by molar-refractivity contribution is -0.0876. The molecule has 1 unspecified atom stereocenters. The number of aliphatic imine (C=N–C) groups is 1. The number of nitrogens with zero attached hydrogens (tertiary/aromatic N) is 3. The zero-order valence-electron chi connectivity index (χ0n) is 14.2. The second kappa shape index (κ2) is 7.21. The summed E-state index contributed by atoms with van der Waals surface area (Å²) in [4.78, 5) is 3.83. The lowest BCUT2D eigenvalue weighted by Gasteiger charge is -2.33. The van der Waals surface area contributed by atoms with E-state index >= 15 is 0 Å². The van der Waals surface area contributed by atoms with E-state index in [-0.39, 0.29) is 18.9 Å². The third-order valence-corrected chi connectivity index (χ3v) is 4.41. The minimum atomic E-state index is -4.64. The first-order valence-electron chi connectivity index (χ1n) is 8.25. The Morgan fingerprint density at radius 2 is 2.26 bits per heavy atom. The summed E-state index contributed by atoms with van der Waals surface area (Å²) >= 11 is 0. The van der Waals surface area contributed by atoms with Gasteiger partial charge in [0.05, 0.1) is 24.3 Å². The Labute approximate surface area is 153 Å². The quantitative estimate of drug-likeness (QED) is 0.448. The van der Waals surface area contributed by atoms with E-state index in [1.807, 2.05) is 0 Å². The van der Waals surface area contributed by atoms with Crippen LogP contribution in [0, 0.1) is 12.3 Å². The van der Waals surface area contributed by atoms with Crippen LogP contribution in [0.4, 0.5) is 17.6 Å². The molecule has 0 saturated carbocycles. The summed E-state index contributed by atoms with van der Waals surface area (Å²) in [5.41, 5.74) is 5.44. The van der Waals surface area contributed by atoms with E-state index in [1.165, 1.54) is 17.1 Å². The number of halogens is 4. The van der Waals surface area contributed by atoms with Crippen LogP contribution in [0.3, 0.4) is 0 Å². The number of aromatic nitrogens is 2. The van der Waals surface area contributed by atoms with E-state index in [9.17, 15) is 17.6 Å². The molecule has 7 nitrogen and oxygen atoms in total. The Bertz CT molecular complexity index is 791. The summed E-state index contributed by atoms with van der Waals surface area (Å²) in [7, 11) is 0. The predicted octanol–water partition coefficient (Wildman–Crippen LogP) is 0.495. The van der Waals surface area contributed by atoms with Gasteiger partial charge in [0.15, 0.2) is 0 Å². The van der Waals surface area contributed by atoms with Gasteiger partial charge in [0.2, 0.25) is 5.79 Å². The van der Waals surface area contributed by atoms with Crippen LogP contribution < -0.4 is 21.7 Å². The highest BCUT2D eigenvalue weighted by molar-refractivity contribution is 5.82. The molecule has 0 spiro atoms. The van der Waals surface area contributed by atoms with Gasteiger partial charge in [-0.05, 0) is 13.0 Å². The topological polar surface area (TPSA) is 92.3 Å². The number of terminal acetylenes is 1. The van der Waals surface area contributed by atoms with E-state index < -0.39 is 29.7 Å². The van der Waals surface area contributed by atoms with Crippen molar-refractivity contribution in [3.8, 4) is 12.3 Å². The van der Waals surface area contributed by atoms with Crippen LogP contribution in [0.2, 0.25) is 0 Å². The van der Waals surface area contributed by atoms with E-state index in [1.54, 1.807) is 0 Å². The minimum Gasteiger partial charge on any atom is -0.360 e. The van der Waals surface area contributed by atoms with Crippen molar-refractivity contribution >= 4 is 6.21 Å². The Morgan fingerprint density at radius 3 is 2.93 bits per heavy atom. The molecule has 1 fully saturated rings. The van der Waals surface area contributed by atoms with Crippen molar-refractivity contribution in [1.82, 2.24) is 25.7 Å². The molecule has 3 atom stereocenters. The molecule has 1 aromatic heterocycles. The zero-order chi connectivity index (χ0) is 19.7. The van der Waals surface area contributed by atoms with Crippen molar-refractivity contribution in [3.63, 3.8) is 0 Å². The van der Waals surface area contributed by atoms with Crippen molar-refractivity contribution in [2.75, 3.05) is 19.6 Å². The van der Waals surface area contributed by atoms with E-state index in [0.29, 0.717) is 24.7 Å². The SMILES string of the molecule is C#CCNC1=C(C(F)(F)F)C=NC(N)(c2cnn([C@@H]3CCNC[C@H]3F)c2)N1. The smallest absolute Gasteiger partial charge is 0.360 e. The van der Waals surface area contributed by atoms with Crippen LogP contribution in [0.15, 0.2) is 28.8 Å². The Balaban J connectivity index is 1.86. The van der Waals surface area contributed by atoms with Crippen LogP contribution in [0.1, 0.15) is 18.0 Å². The van der Waals surface area contributed by atoms with Crippen LogP contribution >= 0.6 is 0 Å². The van der Waals surface area contributed by atoms with Crippen molar-refractivity contribution < 1.29 is 17.6 Å². The van der Waals surface area contributed by atoms with Crippen molar-refractivity contribution in [2.45, 2.75) is 30.6 Å². The average molecular weight is 385 g/mol. The number of alkyl halides is 4. The standard InChI is InChI=1S/C16H19F4N7/c1-2-4-23-14-11(15(18,19)20)7-24-16(21,26-14)10-6-25-27(9-10)13-3-5-22-8-12(13)17/h1,6-7,9,12-13,22-23,26H,3-5,8,21H2/t12-,13-,16?/m1/s1. The summed E-state index contributed by atoms with van der Waals surface area (Å²) in [5.74, 6) is 0.134. The van der Waals surface area contributed by atoms with E-state index in [4.69, 9.17) is 12.2 Å². The van der Waals surface area contributed by atoms with Crippen LogP contribution in [0.25, 0.3) is 0 Å². The van der Waals surface area contributed by atoms with E-state index in [2.05, 4.69) is 32.0 Å². The molecular weight excluding hydrogens is 366 g/mol. The number of allylic oxidation sites excluding steroid dienone is 1. The molecule has 1 saturated heterocycles. The highest BCUT2D eigenvalue weighted by Gasteiger charge is 2.42. The maximum Gasteiger partial charge on any atom is 0.421 e. The molecule has 0 radical (unpaired) electrons. The minimum absolute atomic E-state index is 0.135. The van der Waals surface area contributed by atoms with E-state index in [0.717, 1.165) is 0 Å². The summed E-state index contributed by atoms with van der Waals surface area (Å²) in [6.07, 6.45) is 3.37. The average Bonchev–Trinajstić information content (AvgIpc) is 3.10. The Hall–Kier alpha value is -2.58. The van der Waals surface area contributed by atoms with Gasteiger partial charge in [-0.15, -0.1) is 6.42 Å². The first kappa shape index (κ1) is 19.2. The second-order valence-corrected chi connectivity index (χ2v) is 6.28. The van der Waals surface area contributed by atoms with Crippen LogP contribution in [-0.2, 0) is 5.79 Å². The first-order valence-corrected chi connectivity index (χ1v) is 8.25. The van der Waals surface area contributed by atoms with Gasteiger partial charge in [-0.1, -0.05) is 5.92 Å². The fraction of sp³-hybridized carbons (Fsp3) is 0.500. The van der Waals surface area contributed by atoms with Crippen LogP contribution in [-0.4, -0.2) is 48.0 Å². The predicted molar refractivity (Wildman–Crippen MR) is 91.1 cm³/mol. The molecule has 2 aliphatic rings. The molecule has 2 aliphatic heterocycles. The molecule has 3 heterocycles. The summed E-state index contributed by atoms with van der Waals surface area (Å²) < 4.78 is 55.1. The molecule has 3 rings (SSSR count). The van der Waals surface area contributed by atoms with Gasteiger partial charge < -0.3 is 16.0 Å². The molecule has 5 N–H and O–H groups in total. The highest BCUT2D eigenvalue weighted by Crippen LogP contribution is 2.31. The van der Waals surface area contributed by atoms with Crippen LogP contribution in [0.5, 0.6) is 0 Å². The number of piperidine rings is 1. The fourth-order valence-electron chi connectivity index (χ4n) is 2.98. The van der Waals surface area contributed by atoms with Crippen molar-refractivity contribution in [3.05, 3.63) is 29.4 Å². The lowest BCUT2D eigenvalue weighted by Crippen LogP contribution is -2.54. The van der Waals surface area contributed by atoms with Gasteiger partial charge in [-0.3, -0.25) is 10.4 Å². The van der Waals surface area contributed by atoms with Gasteiger partial charge in [0.1, 0.15) is 17.6 Å². The molecule has 0 bridgehead atoms. The molecule has 0 amide bonds. The fourth-order valence-corrected chi connectivity index (χ4v) is 2.98. The molecule has 27 heavy (non-hydrogen) atoms. The second-order valence-electron chi connectivity index (χ2n) is 6.28. The van der Waals surface area contributed by atoms with Gasteiger partial charge in [0.25, 0.3) is 0 Å². The lowest BCUT2D eigenvalue weighted by atomic mass is 10.1. The number of nitrogens with one attached hydrogen (secondary N) is 3. The van der Waals surface area contributed by atoms with Crippen molar-refractivity contribution in [2.24, 2.45) is 10.7 Å². The highest BCUT2D eigenvalue weighted by atomic mass is 19.4. The normalized spacial score (nSPS) is 28.6.